The van der Waals surface area contributed by atoms with Crippen molar-refractivity contribution in [2.75, 3.05) is 6.54 Å². The maximum Gasteiger partial charge on any atom is 0.269 e. The molecular formula is C18H15ClN4O3S. The molecule has 1 aliphatic rings. The Bertz CT molecular complexity index is 973. The molecule has 1 amide bonds. The van der Waals surface area contributed by atoms with E-state index < -0.39 is 4.92 Å². The van der Waals surface area contributed by atoms with Crippen molar-refractivity contribution in [2.45, 2.75) is 13.8 Å². The van der Waals surface area contributed by atoms with Gasteiger partial charge in [-0.1, -0.05) is 11.6 Å². The van der Waals surface area contributed by atoms with Crippen molar-refractivity contribution >= 4 is 51.4 Å². The van der Waals surface area contributed by atoms with Crippen LogP contribution in [-0.4, -0.2) is 32.4 Å². The van der Waals surface area contributed by atoms with Crippen molar-refractivity contribution < 1.29 is 9.72 Å². The first-order valence-electron chi connectivity index (χ1n) is 8.07. The molecule has 0 unspecified atom stereocenters. The van der Waals surface area contributed by atoms with Crippen LogP contribution in [0.5, 0.6) is 0 Å². The highest BCUT2D eigenvalue weighted by atomic mass is 35.5. The number of rotatable bonds is 4. The predicted molar refractivity (Wildman–Crippen MR) is 107 cm³/mol. The Balaban J connectivity index is 1.99. The van der Waals surface area contributed by atoms with Crippen LogP contribution in [0.2, 0.25) is 5.15 Å². The fourth-order valence-corrected chi connectivity index (χ4v) is 3.81. The summed E-state index contributed by atoms with van der Waals surface area (Å²) in [6, 6.07) is 9.57. The van der Waals surface area contributed by atoms with Crippen molar-refractivity contribution in [3.05, 3.63) is 68.3 Å². The molecule has 0 saturated carbocycles. The van der Waals surface area contributed by atoms with Crippen LogP contribution in [-0.2, 0) is 4.79 Å². The van der Waals surface area contributed by atoms with Crippen LogP contribution in [0.25, 0.3) is 5.57 Å². The normalized spacial score (nSPS) is 17.5. The molecule has 1 aromatic heterocycles. The lowest BCUT2D eigenvalue weighted by Gasteiger charge is -2.12. The summed E-state index contributed by atoms with van der Waals surface area (Å²) >= 11 is 7.32. The number of nitrogens with zero attached hydrogens (tertiary/aromatic N) is 4. The van der Waals surface area contributed by atoms with Crippen LogP contribution in [0.3, 0.4) is 0 Å². The van der Waals surface area contributed by atoms with Crippen LogP contribution in [0.1, 0.15) is 19.4 Å². The summed E-state index contributed by atoms with van der Waals surface area (Å²) in [5.41, 5.74) is 1.97. The van der Waals surface area contributed by atoms with Gasteiger partial charge in [0.05, 0.1) is 9.83 Å². The van der Waals surface area contributed by atoms with E-state index in [4.69, 9.17) is 11.6 Å². The number of aliphatic imine (C=N–C) groups is 1. The molecule has 0 N–H and O–H groups in total. The second-order valence-corrected chi connectivity index (χ2v) is 6.95. The third-order valence-electron chi connectivity index (χ3n) is 3.99. The molecule has 0 aliphatic carbocycles. The third-order valence-corrected chi connectivity index (χ3v) is 5.46. The number of amides is 1. The van der Waals surface area contributed by atoms with E-state index in [9.17, 15) is 14.9 Å². The van der Waals surface area contributed by atoms with Gasteiger partial charge in [-0.25, -0.2) is 9.98 Å². The maximum atomic E-state index is 12.8. The number of benzene rings is 1. The fraction of sp³-hybridized carbons (Fsp3) is 0.167. The number of carbonyl (C=O) groups excluding carboxylic acids is 1. The van der Waals surface area contributed by atoms with Crippen molar-refractivity contribution in [1.82, 2.24) is 9.88 Å². The standard InChI is InChI=1S/C18H15ClN4O3S/c1-3-22-17(24)15(11(2)12-6-8-13(9-7-12)23(25)26)27-18(22)21-14-5-4-10-20-16(14)19/h4-10H,3H2,1-2H3/b15-11-,21-18?. The number of allylic oxidation sites excluding steroid dienone is 1. The summed E-state index contributed by atoms with van der Waals surface area (Å²) in [6.07, 6.45) is 1.57. The van der Waals surface area contributed by atoms with Crippen LogP contribution in [0.4, 0.5) is 11.4 Å². The van der Waals surface area contributed by atoms with Gasteiger partial charge in [-0.2, -0.15) is 0 Å². The zero-order valence-electron chi connectivity index (χ0n) is 14.5. The molecule has 2 aromatic rings. The Hall–Kier alpha value is -2.71. The average molecular weight is 403 g/mol. The Morgan fingerprint density at radius 2 is 2.04 bits per heavy atom. The summed E-state index contributed by atoms with van der Waals surface area (Å²) in [5.74, 6) is -0.155. The largest absolute Gasteiger partial charge is 0.287 e. The lowest BCUT2D eigenvalue weighted by atomic mass is 10.1. The Morgan fingerprint density at radius 1 is 1.33 bits per heavy atom. The predicted octanol–water partition coefficient (Wildman–Crippen LogP) is 4.66. The van der Waals surface area contributed by atoms with E-state index in [1.54, 1.807) is 35.4 Å². The summed E-state index contributed by atoms with van der Waals surface area (Å²) in [4.78, 5) is 33.8. The molecule has 1 fully saturated rings. The molecule has 27 heavy (non-hydrogen) atoms. The Morgan fingerprint density at radius 3 is 2.63 bits per heavy atom. The summed E-state index contributed by atoms with van der Waals surface area (Å²) in [5, 5.41) is 11.6. The van der Waals surface area contributed by atoms with Gasteiger partial charge in [0.15, 0.2) is 10.3 Å². The number of aromatic nitrogens is 1. The molecule has 0 spiro atoms. The molecule has 3 rings (SSSR count). The minimum absolute atomic E-state index is 0.00519. The molecule has 138 valence electrons. The fourth-order valence-electron chi connectivity index (χ4n) is 2.53. The molecule has 1 aromatic carbocycles. The van der Waals surface area contributed by atoms with Gasteiger partial charge < -0.3 is 0 Å². The van der Waals surface area contributed by atoms with Crippen molar-refractivity contribution in [2.24, 2.45) is 4.99 Å². The van der Waals surface area contributed by atoms with Crippen LogP contribution in [0.15, 0.2) is 52.5 Å². The van der Waals surface area contributed by atoms with Gasteiger partial charge in [0.25, 0.3) is 11.6 Å². The lowest BCUT2D eigenvalue weighted by Crippen LogP contribution is -2.28. The number of nitro benzene ring substituents is 1. The van der Waals surface area contributed by atoms with Crippen molar-refractivity contribution in [3.63, 3.8) is 0 Å². The van der Waals surface area contributed by atoms with E-state index in [0.29, 0.717) is 22.3 Å². The zero-order valence-corrected chi connectivity index (χ0v) is 16.1. The first-order valence-corrected chi connectivity index (χ1v) is 9.26. The number of likely N-dealkylation sites (N-methyl/N-ethyl adjacent to an activating group) is 1. The SMILES string of the molecule is CCN1C(=O)/C(=C(\C)c2ccc([N+](=O)[O-])cc2)SC1=Nc1cccnc1Cl. The third kappa shape index (κ3) is 3.86. The van der Waals surface area contributed by atoms with Gasteiger partial charge in [0, 0.05) is 24.9 Å². The van der Waals surface area contributed by atoms with Gasteiger partial charge in [0.2, 0.25) is 0 Å². The highest BCUT2D eigenvalue weighted by molar-refractivity contribution is 8.18. The zero-order chi connectivity index (χ0) is 19.6. The van der Waals surface area contributed by atoms with Gasteiger partial charge in [-0.3, -0.25) is 19.8 Å². The van der Waals surface area contributed by atoms with E-state index >= 15 is 0 Å². The van der Waals surface area contributed by atoms with E-state index in [2.05, 4.69) is 9.98 Å². The van der Waals surface area contributed by atoms with E-state index in [0.717, 1.165) is 11.1 Å². The number of hydrogen-bond acceptors (Lipinski definition) is 6. The van der Waals surface area contributed by atoms with Crippen LogP contribution < -0.4 is 0 Å². The minimum Gasteiger partial charge on any atom is -0.287 e. The number of pyridine rings is 1. The van der Waals surface area contributed by atoms with Crippen molar-refractivity contribution in [1.29, 1.82) is 0 Å². The Labute approximate surface area is 164 Å². The molecular weight excluding hydrogens is 388 g/mol. The second-order valence-electron chi connectivity index (χ2n) is 5.62. The van der Waals surface area contributed by atoms with Crippen molar-refractivity contribution in [3.8, 4) is 0 Å². The highest BCUT2D eigenvalue weighted by Gasteiger charge is 2.34. The van der Waals surface area contributed by atoms with Gasteiger partial charge >= 0.3 is 0 Å². The first kappa shape index (κ1) is 19.1. The number of hydrogen-bond donors (Lipinski definition) is 0. The molecule has 7 nitrogen and oxygen atoms in total. The van der Waals surface area contributed by atoms with Gasteiger partial charge in [-0.15, -0.1) is 0 Å². The molecule has 1 aliphatic heterocycles. The maximum absolute atomic E-state index is 12.8. The lowest BCUT2D eigenvalue weighted by molar-refractivity contribution is -0.384. The average Bonchev–Trinajstić information content (AvgIpc) is 2.98. The number of non-ortho nitro benzene ring substituents is 1. The first-order chi connectivity index (χ1) is 12.9. The number of thioether (sulfide) groups is 1. The monoisotopic (exact) mass is 402 g/mol. The molecule has 2 heterocycles. The van der Waals surface area contributed by atoms with E-state index in [1.807, 2.05) is 13.8 Å². The smallest absolute Gasteiger partial charge is 0.269 e. The molecule has 9 heteroatoms. The minimum atomic E-state index is -0.455. The molecule has 1 saturated heterocycles. The molecule has 0 radical (unpaired) electrons. The van der Waals surface area contributed by atoms with E-state index in [1.165, 1.54) is 23.9 Å². The Kier molecular flexibility index (Phi) is 5.57. The second kappa shape index (κ2) is 7.89. The van der Waals surface area contributed by atoms with Crippen LogP contribution >= 0.6 is 23.4 Å². The van der Waals surface area contributed by atoms with Gasteiger partial charge in [-0.05, 0) is 61.0 Å². The molecule has 0 bridgehead atoms. The quantitative estimate of drug-likeness (QED) is 0.321. The number of carbonyl (C=O) groups is 1. The summed E-state index contributed by atoms with van der Waals surface area (Å²) < 4.78 is 0. The molecule has 0 atom stereocenters. The van der Waals surface area contributed by atoms with E-state index in [-0.39, 0.29) is 16.7 Å². The number of halogens is 1. The summed E-state index contributed by atoms with van der Waals surface area (Å²) in [6.45, 7) is 4.14. The van der Waals surface area contributed by atoms with Gasteiger partial charge in [0.1, 0.15) is 5.69 Å². The van der Waals surface area contributed by atoms with Crippen LogP contribution in [0, 0.1) is 10.1 Å². The number of amidine groups is 1. The highest BCUT2D eigenvalue weighted by Crippen LogP contribution is 2.38. The summed E-state index contributed by atoms with van der Waals surface area (Å²) in [7, 11) is 0. The topological polar surface area (TPSA) is 88.7 Å². The number of nitro groups is 1.